The fourth-order valence-electron chi connectivity index (χ4n) is 4.82. The normalized spacial score (nSPS) is 12.1. The van der Waals surface area contributed by atoms with Crippen LogP contribution in [-0.4, -0.2) is 25.1 Å². The van der Waals surface area contributed by atoms with Gasteiger partial charge in [0.05, 0.1) is 29.1 Å². The molecule has 2 atom stereocenters. The van der Waals surface area contributed by atoms with Gasteiger partial charge in [-0.25, -0.2) is 9.37 Å². The SMILES string of the molecule is CCc1c(C(c2ccccc2F)c2ccccc2P)nc2cc(C)c(C(=O)Nc3cnn(CC)c3)cn12. The Bertz CT molecular complexity index is 1560. The van der Waals surface area contributed by atoms with Crippen molar-refractivity contribution in [1.82, 2.24) is 19.2 Å². The lowest BCUT2D eigenvalue weighted by Gasteiger charge is -2.20. The predicted molar refractivity (Wildman–Crippen MR) is 148 cm³/mol. The van der Waals surface area contributed by atoms with Crippen LogP contribution >= 0.6 is 9.24 Å². The van der Waals surface area contributed by atoms with Crippen molar-refractivity contribution < 1.29 is 9.18 Å². The van der Waals surface area contributed by atoms with Gasteiger partial charge in [-0.05, 0) is 48.8 Å². The van der Waals surface area contributed by atoms with Crippen LogP contribution in [0.5, 0.6) is 0 Å². The molecule has 0 spiro atoms. The van der Waals surface area contributed by atoms with Gasteiger partial charge in [-0.2, -0.15) is 5.10 Å². The van der Waals surface area contributed by atoms with E-state index in [1.807, 2.05) is 66.9 Å². The van der Waals surface area contributed by atoms with Crippen LogP contribution in [-0.2, 0) is 13.0 Å². The van der Waals surface area contributed by atoms with Crippen LogP contribution in [0.15, 0.2) is 73.2 Å². The summed E-state index contributed by atoms with van der Waals surface area (Å²) in [6, 6.07) is 16.7. The molecule has 0 aliphatic rings. The van der Waals surface area contributed by atoms with Crippen molar-refractivity contribution in [1.29, 1.82) is 0 Å². The number of carbonyl (C=O) groups excluding carboxylic acids is 1. The van der Waals surface area contributed by atoms with Crippen molar-refractivity contribution >= 4 is 31.8 Å². The largest absolute Gasteiger partial charge is 0.319 e. The van der Waals surface area contributed by atoms with Crippen molar-refractivity contribution in [2.45, 2.75) is 39.7 Å². The van der Waals surface area contributed by atoms with Crippen LogP contribution < -0.4 is 10.6 Å². The van der Waals surface area contributed by atoms with E-state index < -0.39 is 5.92 Å². The first-order valence-corrected chi connectivity index (χ1v) is 12.9. The number of rotatable bonds is 7. The molecule has 0 saturated carbocycles. The van der Waals surface area contributed by atoms with E-state index in [-0.39, 0.29) is 11.7 Å². The standard InChI is InChI=1S/C29H29FN5OP/c1-4-24-28(27(20-10-6-8-12-23(20)30)21-11-7-9-13-25(21)37)33-26-14-18(3)22(17-35(24)26)29(36)32-19-15-31-34(5-2)16-19/h6-17,27H,4-5,37H2,1-3H3,(H,32,36). The quantitative estimate of drug-likeness (QED) is 0.293. The van der Waals surface area contributed by atoms with Crippen molar-refractivity contribution in [2.24, 2.45) is 0 Å². The Morgan fingerprint density at radius 1 is 1.08 bits per heavy atom. The molecule has 0 aliphatic heterocycles. The van der Waals surface area contributed by atoms with Crippen LogP contribution in [0.4, 0.5) is 10.1 Å². The summed E-state index contributed by atoms with van der Waals surface area (Å²) in [6.07, 6.45) is 5.94. The fraction of sp³-hybridized carbons (Fsp3) is 0.207. The van der Waals surface area contributed by atoms with Crippen LogP contribution in [0.2, 0.25) is 0 Å². The van der Waals surface area contributed by atoms with Crippen LogP contribution in [0.25, 0.3) is 5.65 Å². The van der Waals surface area contributed by atoms with Crippen molar-refractivity contribution in [3.05, 3.63) is 113 Å². The summed E-state index contributed by atoms with van der Waals surface area (Å²) >= 11 is 0. The molecule has 37 heavy (non-hydrogen) atoms. The van der Waals surface area contributed by atoms with E-state index in [2.05, 4.69) is 26.6 Å². The van der Waals surface area contributed by atoms with Gasteiger partial charge in [-0.15, -0.1) is 9.24 Å². The molecule has 0 aliphatic carbocycles. The highest BCUT2D eigenvalue weighted by Gasteiger charge is 2.28. The molecule has 6 nitrogen and oxygen atoms in total. The first kappa shape index (κ1) is 24.8. The van der Waals surface area contributed by atoms with Gasteiger partial charge in [0.1, 0.15) is 11.5 Å². The topological polar surface area (TPSA) is 64.2 Å². The number of fused-ring (bicyclic) bond motifs is 1. The molecule has 0 fully saturated rings. The average Bonchev–Trinajstić information content (AvgIpc) is 3.49. The maximum absolute atomic E-state index is 15.2. The van der Waals surface area contributed by atoms with Gasteiger partial charge < -0.3 is 9.72 Å². The Balaban J connectivity index is 1.65. The Labute approximate surface area is 217 Å². The highest BCUT2D eigenvalue weighted by atomic mass is 31.0. The highest BCUT2D eigenvalue weighted by Crippen LogP contribution is 2.35. The molecule has 188 valence electrons. The Kier molecular flexibility index (Phi) is 6.90. The van der Waals surface area contributed by atoms with E-state index in [9.17, 15) is 4.79 Å². The van der Waals surface area contributed by atoms with E-state index in [4.69, 9.17) is 4.98 Å². The molecule has 3 heterocycles. The van der Waals surface area contributed by atoms with E-state index in [1.54, 1.807) is 23.1 Å². The molecule has 1 amide bonds. The van der Waals surface area contributed by atoms with Gasteiger partial charge in [0, 0.05) is 30.2 Å². The third-order valence-corrected chi connectivity index (χ3v) is 7.21. The number of hydrogen-bond donors (Lipinski definition) is 1. The molecular weight excluding hydrogens is 484 g/mol. The zero-order chi connectivity index (χ0) is 26.1. The van der Waals surface area contributed by atoms with E-state index in [1.165, 1.54) is 6.07 Å². The number of aromatic nitrogens is 4. The highest BCUT2D eigenvalue weighted by molar-refractivity contribution is 7.27. The average molecular weight is 514 g/mol. The number of nitrogens with zero attached hydrogens (tertiary/aromatic N) is 4. The summed E-state index contributed by atoms with van der Waals surface area (Å²) in [4.78, 5) is 18.2. The monoisotopic (exact) mass is 513 g/mol. The molecule has 2 aromatic carbocycles. The minimum atomic E-state index is -0.401. The number of nitrogens with one attached hydrogen (secondary N) is 1. The number of amides is 1. The van der Waals surface area contributed by atoms with Gasteiger partial charge in [-0.3, -0.25) is 9.48 Å². The minimum absolute atomic E-state index is 0.215. The first-order chi connectivity index (χ1) is 17.9. The van der Waals surface area contributed by atoms with Crippen LogP contribution in [0.1, 0.15) is 58.2 Å². The second-order valence-corrected chi connectivity index (χ2v) is 9.64. The summed E-state index contributed by atoms with van der Waals surface area (Å²) in [5.41, 5.74) is 5.97. The number of benzene rings is 2. The van der Waals surface area contributed by atoms with E-state index in [0.29, 0.717) is 23.2 Å². The molecule has 1 N–H and O–H groups in total. The number of pyridine rings is 1. The lowest BCUT2D eigenvalue weighted by atomic mass is 9.86. The first-order valence-electron chi connectivity index (χ1n) is 12.3. The molecule has 0 saturated heterocycles. The lowest BCUT2D eigenvalue weighted by molar-refractivity contribution is 0.102. The molecule has 3 aromatic heterocycles. The van der Waals surface area contributed by atoms with E-state index >= 15 is 4.39 Å². The summed E-state index contributed by atoms with van der Waals surface area (Å²) in [5.74, 6) is -0.890. The second kappa shape index (κ2) is 10.3. The third kappa shape index (κ3) is 4.67. The lowest BCUT2D eigenvalue weighted by Crippen LogP contribution is -2.15. The van der Waals surface area contributed by atoms with Gasteiger partial charge in [0.2, 0.25) is 0 Å². The Morgan fingerprint density at radius 3 is 2.49 bits per heavy atom. The maximum Gasteiger partial charge on any atom is 0.257 e. The van der Waals surface area contributed by atoms with E-state index in [0.717, 1.165) is 40.0 Å². The van der Waals surface area contributed by atoms with Crippen molar-refractivity contribution in [3.63, 3.8) is 0 Å². The molecular formula is C29H29FN5OP. The van der Waals surface area contributed by atoms with Crippen LogP contribution in [0.3, 0.4) is 0 Å². The summed E-state index contributed by atoms with van der Waals surface area (Å²) < 4.78 is 18.9. The maximum atomic E-state index is 15.2. The minimum Gasteiger partial charge on any atom is -0.319 e. The molecule has 5 rings (SSSR count). The Morgan fingerprint density at radius 2 is 1.81 bits per heavy atom. The Hall–Kier alpha value is -3.83. The molecule has 0 radical (unpaired) electrons. The van der Waals surface area contributed by atoms with Gasteiger partial charge >= 0.3 is 0 Å². The fourth-order valence-corrected chi connectivity index (χ4v) is 5.19. The number of carbonyl (C=O) groups is 1. The number of imidazole rings is 1. The van der Waals surface area contributed by atoms with Gasteiger partial charge in [0.15, 0.2) is 0 Å². The number of halogens is 1. The summed E-state index contributed by atoms with van der Waals surface area (Å²) in [7, 11) is 2.76. The van der Waals surface area contributed by atoms with Gasteiger partial charge in [0.25, 0.3) is 5.91 Å². The van der Waals surface area contributed by atoms with Gasteiger partial charge in [-0.1, -0.05) is 49.4 Å². The van der Waals surface area contributed by atoms with Crippen molar-refractivity contribution in [3.8, 4) is 0 Å². The molecule has 0 bridgehead atoms. The molecule has 8 heteroatoms. The molecule has 5 aromatic rings. The third-order valence-electron chi connectivity index (χ3n) is 6.69. The zero-order valence-electron chi connectivity index (χ0n) is 21.1. The second-order valence-electron chi connectivity index (χ2n) is 9.02. The number of hydrogen-bond acceptors (Lipinski definition) is 3. The molecule has 2 unspecified atom stereocenters. The number of aryl methyl sites for hydroxylation is 3. The summed E-state index contributed by atoms with van der Waals surface area (Å²) in [5, 5.41) is 8.16. The zero-order valence-corrected chi connectivity index (χ0v) is 22.2. The smallest absolute Gasteiger partial charge is 0.257 e. The predicted octanol–water partition coefficient (Wildman–Crippen LogP) is 5.49. The van der Waals surface area contributed by atoms with Crippen molar-refractivity contribution in [2.75, 3.05) is 5.32 Å². The van der Waals surface area contributed by atoms with Crippen LogP contribution in [0, 0.1) is 12.7 Å². The number of anilines is 1. The summed E-state index contributed by atoms with van der Waals surface area (Å²) in [6.45, 7) is 6.66.